The van der Waals surface area contributed by atoms with E-state index in [1.165, 1.54) is 5.56 Å². The molecule has 0 radical (unpaired) electrons. The van der Waals surface area contributed by atoms with E-state index in [1.54, 1.807) is 0 Å². The summed E-state index contributed by atoms with van der Waals surface area (Å²) in [7, 11) is 2.05. The van der Waals surface area contributed by atoms with Gasteiger partial charge >= 0.3 is 0 Å². The molecule has 3 atom stereocenters. The molecule has 0 aromatic heterocycles. The highest BCUT2D eigenvalue weighted by Gasteiger charge is 2.52. The average Bonchev–Trinajstić information content (AvgIpc) is 2.44. The summed E-state index contributed by atoms with van der Waals surface area (Å²) in [5.41, 5.74) is 0.0733. The van der Waals surface area contributed by atoms with Crippen molar-refractivity contribution in [3.8, 4) is 0 Å². The van der Waals surface area contributed by atoms with Crippen molar-refractivity contribution < 1.29 is 9.90 Å². The number of benzene rings is 1. The molecule has 3 nitrogen and oxygen atoms in total. The third-order valence-electron chi connectivity index (χ3n) is 4.87. The summed E-state index contributed by atoms with van der Waals surface area (Å²) in [6.45, 7) is 0. The van der Waals surface area contributed by atoms with Crippen LogP contribution >= 0.6 is 0 Å². The van der Waals surface area contributed by atoms with Crippen LogP contribution in [0.3, 0.4) is 0 Å². The molecule has 1 aromatic rings. The van der Waals surface area contributed by atoms with E-state index in [0.29, 0.717) is 12.8 Å². The molecule has 102 valence electrons. The smallest absolute Gasteiger partial charge is 0.167 e. The lowest BCUT2D eigenvalue weighted by molar-refractivity contribution is -0.162. The quantitative estimate of drug-likeness (QED) is 0.841. The number of carbonyl (C=O) groups excluding carboxylic acids is 1. The Morgan fingerprint density at radius 3 is 2.74 bits per heavy atom. The van der Waals surface area contributed by atoms with E-state index in [2.05, 4.69) is 17.0 Å². The van der Waals surface area contributed by atoms with Crippen molar-refractivity contribution in [2.24, 2.45) is 0 Å². The first-order valence-corrected chi connectivity index (χ1v) is 7.15. The summed E-state index contributed by atoms with van der Waals surface area (Å²) >= 11 is 0. The molecule has 2 aliphatic rings. The molecular weight excluding hydrogens is 238 g/mol. The molecular formula is C16H21NO2. The van der Waals surface area contributed by atoms with Gasteiger partial charge in [0.05, 0.1) is 0 Å². The van der Waals surface area contributed by atoms with Gasteiger partial charge in [0.1, 0.15) is 5.60 Å². The highest BCUT2D eigenvalue weighted by molar-refractivity contribution is 5.89. The molecule has 3 rings (SSSR count). The van der Waals surface area contributed by atoms with Crippen molar-refractivity contribution in [2.75, 3.05) is 7.05 Å². The van der Waals surface area contributed by atoms with Crippen LogP contribution < -0.4 is 0 Å². The van der Waals surface area contributed by atoms with Crippen molar-refractivity contribution in [1.82, 2.24) is 4.90 Å². The SMILES string of the molecule is CN1[C@H]2CCCC[C@@]2(O)C(=O)C[C@H]1c1ccccc1. The number of aliphatic hydroxyl groups is 1. The number of likely N-dealkylation sites (tertiary alicyclic amines) is 1. The van der Waals surface area contributed by atoms with Gasteiger partial charge in [-0.3, -0.25) is 9.69 Å². The number of rotatable bonds is 1. The maximum Gasteiger partial charge on any atom is 0.167 e. The molecule has 0 unspecified atom stereocenters. The number of Topliss-reactive ketones (excluding diaryl/α,β-unsaturated/α-hetero) is 1. The predicted octanol–water partition coefficient (Wildman–Crippen LogP) is 2.31. The van der Waals surface area contributed by atoms with Gasteiger partial charge in [-0.1, -0.05) is 36.8 Å². The van der Waals surface area contributed by atoms with Crippen molar-refractivity contribution in [2.45, 2.75) is 49.8 Å². The van der Waals surface area contributed by atoms with Gasteiger partial charge in [-0.05, 0) is 31.9 Å². The summed E-state index contributed by atoms with van der Waals surface area (Å²) in [5.74, 6) is 0.0316. The highest BCUT2D eigenvalue weighted by atomic mass is 16.3. The number of nitrogens with zero attached hydrogens (tertiary/aromatic N) is 1. The predicted molar refractivity (Wildman–Crippen MR) is 73.8 cm³/mol. The minimum Gasteiger partial charge on any atom is -0.380 e. The monoisotopic (exact) mass is 259 g/mol. The maximum absolute atomic E-state index is 12.4. The van der Waals surface area contributed by atoms with Gasteiger partial charge in [-0.25, -0.2) is 0 Å². The van der Waals surface area contributed by atoms with E-state index >= 15 is 0 Å². The molecule has 3 heteroatoms. The van der Waals surface area contributed by atoms with E-state index in [0.717, 1.165) is 19.3 Å². The van der Waals surface area contributed by atoms with Crippen LogP contribution in [0.15, 0.2) is 30.3 Å². The first-order chi connectivity index (χ1) is 9.13. The molecule has 1 saturated heterocycles. The summed E-state index contributed by atoms with van der Waals surface area (Å²) in [5, 5.41) is 10.7. The van der Waals surface area contributed by atoms with Crippen molar-refractivity contribution in [1.29, 1.82) is 0 Å². The lowest BCUT2D eigenvalue weighted by atomic mass is 9.71. The van der Waals surface area contributed by atoms with Gasteiger partial charge in [0.25, 0.3) is 0 Å². The van der Waals surface area contributed by atoms with Crippen LogP contribution in [-0.4, -0.2) is 34.5 Å². The number of likely N-dealkylation sites (N-methyl/N-ethyl adjacent to an activating group) is 1. The number of piperidine rings is 1. The van der Waals surface area contributed by atoms with E-state index in [4.69, 9.17) is 0 Å². The number of ketones is 1. The van der Waals surface area contributed by atoms with Crippen LogP contribution in [0.4, 0.5) is 0 Å². The lowest BCUT2D eigenvalue weighted by Gasteiger charge is -2.50. The fraction of sp³-hybridized carbons (Fsp3) is 0.562. The molecule has 0 spiro atoms. The molecule has 1 aliphatic carbocycles. The second-order valence-electron chi connectivity index (χ2n) is 5.91. The molecule has 2 fully saturated rings. The van der Waals surface area contributed by atoms with Crippen molar-refractivity contribution in [3.05, 3.63) is 35.9 Å². The second kappa shape index (κ2) is 4.73. The molecule has 1 N–H and O–H groups in total. The van der Waals surface area contributed by atoms with Crippen LogP contribution in [-0.2, 0) is 4.79 Å². The van der Waals surface area contributed by atoms with Crippen LogP contribution in [0.1, 0.15) is 43.7 Å². The zero-order chi connectivity index (χ0) is 13.5. The lowest BCUT2D eigenvalue weighted by Crippen LogP contribution is -2.62. The Hall–Kier alpha value is -1.19. The Morgan fingerprint density at radius 1 is 1.26 bits per heavy atom. The molecule has 1 aliphatic heterocycles. The Bertz CT molecular complexity index is 473. The number of hydrogen-bond acceptors (Lipinski definition) is 3. The highest BCUT2D eigenvalue weighted by Crippen LogP contribution is 2.42. The van der Waals surface area contributed by atoms with Gasteiger partial charge in [0, 0.05) is 18.5 Å². The standard InChI is InChI=1S/C16H21NO2/c1-17-13(12-7-3-2-4-8-12)11-15(18)16(19)10-6-5-9-14(16)17/h2-4,7-8,13-14,19H,5-6,9-11H2,1H3/t13-,14-,16-/m0/s1. The van der Waals surface area contributed by atoms with E-state index in [9.17, 15) is 9.90 Å². The van der Waals surface area contributed by atoms with Crippen molar-refractivity contribution >= 4 is 5.78 Å². The van der Waals surface area contributed by atoms with Crippen LogP contribution in [0.25, 0.3) is 0 Å². The zero-order valence-corrected chi connectivity index (χ0v) is 11.4. The molecule has 1 aromatic carbocycles. The van der Waals surface area contributed by atoms with E-state index < -0.39 is 5.60 Å². The van der Waals surface area contributed by atoms with Gasteiger partial charge < -0.3 is 5.11 Å². The Balaban J connectivity index is 1.93. The molecule has 1 heterocycles. The van der Waals surface area contributed by atoms with Gasteiger partial charge in [-0.2, -0.15) is 0 Å². The van der Waals surface area contributed by atoms with Gasteiger partial charge in [0.15, 0.2) is 5.78 Å². The third kappa shape index (κ3) is 2.01. The largest absolute Gasteiger partial charge is 0.380 e. The summed E-state index contributed by atoms with van der Waals surface area (Å²) < 4.78 is 0. The summed E-state index contributed by atoms with van der Waals surface area (Å²) in [4.78, 5) is 14.6. The third-order valence-corrected chi connectivity index (χ3v) is 4.87. The molecule has 1 saturated carbocycles. The van der Waals surface area contributed by atoms with E-state index in [-0.39, 0.29) is 17.9 Å². The van der Waals surface area contributed by atoms with E-state index in [1.807, 2.05) is 25.2 Å². The molecule has 0 amide bonds. The van der Waals surface area contributed by atoms with Crippen LogP contribution in [0.5, 0.6) is 0 Å². The number of fused-ring (bicyclic) bond motifs is 1. The topological polar surface area (TPSA) is 40.5 Å². The summed E-state index contributed by atoms with van der Waals surface area (Å²) in [6.07, 6.45) is 4.03. The fourth-order valence-electron chi connectivity index (χ4n) is 3.75. The van der Waals surface area contributed by atoms with Gasteiger partial charge in [-0.15, -0.1) is 0 Å². The van der Waals surface area contributed by atoms with Crippen LogP contribution in [0, 0.1) is 0 Å². The molecule has 0 bridgehead atoms. The normalized spacial score (nSPS) is 36.0. The first-order valence-electron chi connectivity index (χ1n) is 7.15. The number of hydrogen-bond donors (Lipinski definition) is 1. The zero-order valence-electron chi connectivity index (χ0n) is 11.4. The summed E-state index contributed by atoms with van der Waals surface area (Å²) in [6, 6.07) is 10.2. The second-order valence-corrected chi connectivity index (χ2v) is 5.91. The fourth-order valence-corrected chi connectivity index (χ4v) is 3.75. The minimum absolute atomic E-state index is 0.0206. The van der Waals surface area contributed by atoms with Crippen molar-refractivity contribution in [3.63, 3.8) is 0 Å². The Kier molecular flexibility index (Phi) is 3.19. The van der Waals surface area contributed by atoms with Crippen LogP contribution in [0.2, 0.25) is 0 Å². The molecule has 19 heavy (non-hydrogen) atoms. The Morgan fingerprint density at radius 2 is 2.00 bits per heavy atom. The first kappa shape index (κ1) is 12.8. The number of carbonyl (C=O) groups is 1. The minimum atomic E-state index is -1.10. The Labute approximate surface area is 114 Å². The van der Waals surface area contributed by atoms with Gasteiger partial charge in [0.2, 0.25) is 0 Å². The average molecular weight is 259 g/mol. The maximum atomic E-state index is 12.4.